The molecule has 1 aromatic carbocycles. The van der Waals surface area contributed by atoms with Crippen LogP contribution in [0.4, 0.5) is 5.69 Å². The lowest BCUT2D eigenvalue weighted by Gasteiger charge is -2.31. The van der Waals surface area contributed by atoms with Crippen LogP contribution in [0, 0.1) is 0 Å². The highest BCUT2D eigenvalue weighted by atomic mass is 15.2. The van der Waals surface area contributed by atoms with Crippen molar-refractivity contribution in [3.05, 3.63) is 54.5 Å². The molecule has 3 heterocycles. The molecule has 0 amide bonds. The SMILES string of the molecule is CCCN1Cc2cn[nH]c2-c2ccc(-c3ccncc3)cc21. The van der Waals surface area contributed by atoms with Gasteiger partial charge in [0.1, 0.15) is 0 Å². The first-order valence-electron chi connectivity index (χ1n) is 7.69. The zero-order valence-corrected chi connectivity index (χ0v) is 12.6. The topological polar surface area (TPSA) is 44.8 Å². The number of aromatic nitrogens is 3. The molecule has 4 heteroatoms. The van der Waals surface area contributed by atoms with Gasteiger partial charge in [0, 0.05) is 42.3 Å². The van der Waals surface area contributed by atoms with Gasteiger partial charge in [-0.05, 0) is 35.7 Å². The second-order valence-electron chi connectivity index (χ2n) is 5.66. The summed E-state index contributed by atoms with van der Waals surface area (Å²) in [4.78, 5) is 6.54. The molecule has 2 aromatic heterocycles. The molecule has 0 saturated carbocycles. The van der Waals surface area contributed by atoms with Crippen molar-refractivity contribution in [2.75, 3.05) is 11.4 Å². The number of pyridine rings is 1. The Labute approximate surface area is 129 Å². The zero-order chi connectivity index (χ0) is 14.9. The Hall–Kier alpha value is -2.62. The molecule has 0 unspecified atom stereocenters. The van der Waals surface area contributed by atoms with Gasteiger partial charge in [-0.2, -0.15) is 5.10 Å². The number of hydrogen-bond donors (Lipinski definition) is 1. The molecule has 1 aliphatic rings. The molecule has 1 N–H and O–H groups in total. The highest BCUT2D eigenvalue weighted by molar-refractivity contribution is 5.85. The zero-order valence-electron chi connectivity index (χ0n) is 12.6. The van der Waals surface area contributed by atoms with Crippen LogP contribution in [0.25, 0.3) is 22.4 Å². The van der Waals surface area contributed by atoms with Gasteiger partial charge in [-0.1, -0.05) is 19.1 Å². The van der Waals surface area contributed by atoms with E-state index < -0.39 is 0 Å². The highest BCUT2D eigenvalue weighted by Gasteiger charge is 2.23. The number of H-pyrrole nitrogens is 1. The molecule has 0 radical (unpaired) electrons. The van der Waals surface area contributed by atoms with Crippen molar-refractivity contribution in [3.63, 3.8) is 0 Å². The summed E-state index contributed by atoms with van der Waals surface area (Å²) in [6.07, 6.45) is 6.75. The van der Waals surface area contributed by atoms with E-state index in [-0.39, 0.29) is 0 Å². The quantitative estimate of drug-likeness (QED) is 0.796. The predicted octanol–water partition coefficient (Wildman–Crippen LogP) is 3.87. The maximum atomic E-state index is 4.22. The van der Waals surface area contributed by atoms with Gasteiger partial charge in [0.15, 0.2) is 0 Å². The molecule has 0 fully saturated rings. The highest BCUT2D eigenvalue weighted by Crippen LogP contribution is 2.40. The summed E-state index contributed by atoms with van der Waals surface area (Å²) >= 11 is 0. The Morgan fingerprint density at radius 3 is 2.82 bits per heavy atom. The minimum Gasteiger partial charge on any atom is -0.367 e. The number of anilines is 1. The van der Waals surface area contributed by atoms with Crippen molar-refractivity contribution >= 4 is 5.69 Å². The van der Waals surface area contributed by atoms with E-state index in [1.54, 1.807) is 0 Å². The lowest BCUT2D eigenvalue weighted by molar-refractivity contribution is 0.762. The fraction of sp³-hybridized carbons (Fsp3) is 0.222. The maximum absolute atomic E-state index is 4.22. The number of fused-ring (bicyclic) bond motifs is 3. The van der Waals surface area contributed by atoms with Crippen molar-refractivity contribution in [1.29, 1.82) is 0 Å². The van der Waals surface area contributed by atoms with Crippen LogP contribution < -0.4 is 4.90 Å². The lowest BCUT2D eigenvalue weighted by atomic mass is 9.96. The number of aromatic amines is 1. The van der Waals surface area contributed by atoms with E-state index in [2.05, 4.69) is 57.3 Å². The first-order chi connectivity index (χ1) is 10.9. The molecule has 22 heavy (non-hydrogen) atoms. The van der Waals surface area contributed by atoms with Crippen molar-refractivity contribution < 1.29 is 0 Å². The largest absolute Gasteiger partial charge is 0.367 e. The van der Waals surface area contributed by atoms with Crippen LogP contribution in [0.1, 0.15) is 18.9 Å². The Balaban J connectivity index is 1.85. The van der Waals surface area contributed by atoms with Crippen LogP contribution >= 0.6 is 0 Å². The smallest absolute Gasteiger partial charge is 0.0720 e. The molecule has 1 aliphatic heterocycles. The second-order valence-corrected chi connectivity index (χ2v) is 5.66. The van der Waals surface area contributed by atoms with Crippen LogP contribution in [0.3, 0.4) is 0 Å². The third kappa shape index (κ3) is 2.08. The van der Waals surface area contributed by atoms with Gasteiger partial charge in [0.05, 0.1) is 11.9 Å². The Morgan fingerprint density at radius 1 is 1.14 bits per heavy atom. The molecule has 0 spiro atoms. The molecule has 0 bridgehead atoms. The molecule has 0 saturated heterocycles. The molecule has 3 aromatic rings. The third-order valence-corrected chi connectivity index (χ3v) is 4.19. The summed E-state index contributed by atoms with van der Waals surface area (Å²) in [6.45, 7) is 4.20. The fourth-order valence-electron chi connectivity index (χ4n) is 3.15. The first-order valence-corrected chi connectivity index (χ1v) is 7.69. The Bertz CT molecular complexity index is 792. The minimum atomic E-state index is 0.923. The van der Waals surface area contributed by atoms with Crippen LogP contribution in [-0.4, -0.2) is 21.7 Å². The summed E-state index contributed by atoms with van der Waals surface area (Å²) in [6, 6.07) is 10.8. The van der Waals surface area contributed by atoms with Crippen molar-refractivity contribution in [2.24, 2.45) is 0 Å². The van der Waals surface area contributed by atoms with Crippen LogP contribution in [0.2, 0.25) is 0 Å². The minimum absolute atomic E-state index is 0.923. The van der Waals surface area contributed by atoms with E-state index in [0.29, 0.717) is 0 Å². The van der Waals surface area contributed by atoms with Gasteiger partial charge in [0.25, 0.3) is 0 Å². The van der Waals surface area contributed by atoms with Crippen molar-refractivity contribution in [3.8, 4) is 22.4 Å². The predicted molar refractivity (Wildman–Crippen MR) is 88.6 cm³/mol. The third-order valence-electron chi connectivity index (χ3n) is 4.19. The van der Waals surface area contributed by atoms with E-state index in [1.807, 2.05) is 18.6 Å². The van der Waals surface area contributed by atoms with Gasteiger partial charge in [-0.15, -0.1) is 0 Å². The normalized spacial score (nSPS) is 12.9. The van der Waals surface area contributed by atoms with Crippen LogP contribution in [0.5, 0.6) is 0 Å². The average Bonchev–Trinajstić information content (AvgIpc) is 3.04. The molecular weight excluding hydrogens is 272 g/mol. The molecular formula is C18H18N4. The molecule has 0 aliphatic carbocycles. The lowest BCUT2D eigenvalue weighted by Crippen LogP contribution is -2.26. The summed E-state index contributed by atoms with van der Waals surface area (Å²) in [5, 5.41) is 7.37. The van der Waals surface area contributed by atoms with E-state index in [0.717, 1.165) is 25.2 Å². The van der Waals surface area contributed by atoms with Crippen LogP contribution in [0.15, 0.2) is 48.9 Å². The fourth-order valence-corrected chi connectivity index (χ4v) is 3.15. The van der Waals surface area contributed by atoms with E-state index in [1.165, 1.54) is 27.9 Å². The monoisotopic (exact) mass is 290 g/mol. The molecule has 4 nitrogen and oxygen atoms in total. The Kier molecular flexibility index (Phi) is 3.15. The molecule has 110 valence electrons. The molecule has 0 atom stereocenters. The van der Waals surface area contributed by atoms with E-state index in [4.69, 9.17) is 0 Å². The number of benzene rings is 1. The van der Waals surface area contributed by atoms with Gasteiger partial charge < -0.3 is 4.90 Å². The summed E-state index contributed by atoms with van der Waals surface area (Å²) in [5.41, 5.74) is 7.38. The number of nitrogens with zero attached hydrogens (tertiary/aromatic N) is 3. The van der Waals surface area contributed by atoms with Crippen molar-refractivity contribution in [2.45, 2.75) is 19.9 Å². The second kappa shape index (κ2) is 5.30. The number of nitrogens with one attached hydrogen (secondary N) is 1. The van der Waals surface area contributed by atoms with Crippen LogP contribution in [-0.2, 0) is 6.54 Å². The van der Waals surface area contributed by atoms with Gasteiger partial charge in [0.2, 0.25) is 0 Å². The standard InChI is InChI=1S/C18H18N4/c1-2-9-22-12-15-11-20-21-18(15)16-4-3-14(10-17(16)22)13-5-7-19-8-6-13/h3-8,10-11H,2,9,12H2,1H3,(H,20,21). The van der Waals surface area contributed by atoms with E-state index >= 15 is 0 Å². The summed E-state index contributed by atoms with van der Waals surface area (Å²) in [7, 11) is 0. The summed E-state index contributed by atoms with van der Waals surface area (Å²) < 4.78 is 0. The summed E-state index contributed by atoms with van der Waals surface area (Å²) in [5.74, 6) is 0. The van der Waals surface area contributed by atoms with Gasteiger partial charge in [-0.3, -0.25) is 10.1 Å². The number of hydrogen-bond acceptors (Lipinski definition) is 3. The average molecular weight is 290 g/mol. The van der Waals surface area contributed by atoms with Gasteiger partial charge >= 0.3 is 0 Å². The first kappa shape index (κ1) is 13.1. The van der Waals surface area contributed by atoms with E-state index in [9.17, 15) is 0 Å². The molecule has 4 rings (SSSR count). The maximum Gasteiger partial charge on any atom is 0.0720 e. The number of rotatable bonds is 3. The Morgan fingerprint density at radius 2 is 2.00 bits per heavy atom. The van der Waals surface area contributed by atoms with Crippen molar-refractivity contribution in [1.82, 2.24) is 15.2 Å². The van der Waals surface area contributed by atoms with Gasteiger partial charge in [-0.25, -0.2) is 0 Å².